The molecule has 6 nitrogen and oxygen atoms in total. The Morgan fingerprint density at radius 1 is 1.25 bits per heavy atom. The largest absolute Gasteiger partial charge is 0.492 e. The second-order valence-electron chi connectivity index (χ2n) is 9.34. The number of hydrogen-bond donors (Lipinski definition) is 2. The smallest absolute Gasteiger partial charge is 0.163 e. The number of carbonyl (C=O) groups excluding carboxylic acids is 1. The number of ketones is 1. The maximum absolute atomic E-state index is 13.8. The van der Waals surface area contributed by atoms with Crippen molar-refractivity contribution in [1.29, 1.82) is 0 Å². The molecule has 2 atom stereocenters. The van der Waals surface area contributed by atoms with Crippen molar-refractivity contribution in [3.05, 3.63) is 75.1 Å². The van der Waals surface area contributed by atoms with E-state index >= 15 is 0 Å². The highest BCUT2D eigenvalue weighted by atomic mass is 35.5. The van der Waals surface area contributed by atoms with E-state index in [4.69, 9.17) is 38.4 Å². The van der Waals surface area contributed by atoms with Crippen LogP contribution in [0.1, 0.15) is 55.2 Å². The molecule has 2 aromatic carbocycles. The number of pyridine rings is 1. The van der Waals surface area contributed by atoms with Crippen LogP contribution in [0, 0.1) is 5.82 Å². The summed E-state index contributed by atoms with van der Waals surface area (Å²) in [4.78, 5) is 17.5. The maximum atomic E-state index is 13.8. The highest BCUT2D eigenvalue weighted by molar-refractivity contribution is 6.32. The molecule has 1 aliphatic heterocycles. The van der Waals surface area contributed by atoms with Gasteiger partial charge in [0.1, 0.15) is 29.5 Å². The van der Waals surface area contributed by atoms with Crippen LogP contribution in [-0.4, -0.2) is 29.1 Å². The molecule has 2 heterocycles. The third kappa shape index (κ3) is 5.20. The molecule has 4 rings (SSSR count). The van der Waals surface area contributed by atoms with E-state index in [1.807, 2.05) is 13.8 Å². The minimum Gasteiger partial charge on any atom is -0.492 e. The van der Waals surface area contributed by atoms with Crippen LogP contribution in [0.15, 0.2) is 42.5 Å². The molecule has 2 unspecified atom stereocenters. The van der Waals surface area contributed by atoms with E-state index in [0.717, 1.165) is 0 Å². The number of Topliss-reactive ketones (excluding diaryl/α,β-unsaturated/α-hetero) is 1. The normalized spacial score (nSPS) is 18.3. The Hall–Kier alpha value is -2.71. The standard InChI is InChI=1S/C27H27Cl2FN2O4/c1-4-35-22-8-6-15(11-19(22)29)21(33)9-10-27(3,34)23-13-17-25(36-14-26(17,2)31)24(32-23)16-5-7-20(30)18(28)12-16/h5-8,11-13,34H,4,9-10,14,31H2,1-3H3. The average Bonchev–Trinajstić information content (AvgIpc) is 3.14. The first-order valence-corrected chi connectivity index (χ1v) is 12.3. The van der Waals surface area contributed by atoms with Crippen LogP contribution in [0.4, 0.5) is 4.39 Å². The van der Waals surface area contributed by atoms with E-state index in [1.54, 1.807) is 31.2 Å². The van der Waals surface area contributed by atoms with Crippen LogP contribution in [0.3, 0.4) is 0 Å². The van der Waals surface area contributed by atoms with E-state index in [1.165, 1.54) is 18.2 Å². The Morgan fingerprint density at radius 2 is 2.00 bits per heavy atom. The number of nitrogens with zero attached hydrogens (tertiary/aromatic N) is 1. The first-order chi connectivity index (χ1) is 16.9. The van der Waals surface area contributed by atoms with Gasteiger partial charge in [0, 0.05) is 23.1 Å². The van der Waals surface area contributed by atoms with Crippen molar-refractivity contribution in [3.63, 3.8) is 0 Å². The number of rotatable bonds is 8. The van der Waals surface area contributed by atoms with Crippen LogP contribution >= 0.6 is 23.2 Å². The van der Waals surface area contributed by atoms with Gasteiger partial charge in [0.25, 0.3) is 0 Å². The highest BCUT2D eigenvalue weighted by Gasteiger charge is 2.38. The van der Waals surface area contributed by atoms with Gasteiger partial charge in [-0.3, -0.25) is 4.79 Å². The van der Waals surface area contributed by atoms with Crippen LogP contribution < -0.4 is 15.2 Å². The van der Waals surface area contributed by atoms with Gasteiger partial charge < -0.3 is 20.3 Å². The summed E-state index contributed by atoms with van der Waals surface area (Å²) in [6.45, 7) is 5.93. The molecule has 190 valence electrons. The lowest BCUT2D eigenvalue weighted by atomic mass is 9.88. The van der Waals surface area contributed by atoms with Gasteiger partial charge in [0.15, 0.2) is 11.5 Å². The molecule has 36 heavy (non-hydrogen) atoms. The fourth-order valence-corrected chi connectivity index (χ4v) is 4.51. The number of hydrogen-bond acceptors (Lipinski definition) is 6. The number of aliphatic hydroxyl groups is 1. The number of ether oxygens (including phenoxy) is 2. The van der Waals surface area contributed by atoms with E-state index in [9.17, 15) is 14.3 Å². The number of halogens is 3. The fraction of sp³-hybridized carbons (Fsp3) is 0.333. The van der Waals surface area contributed by atoms with Crippen molar-refractivity contribution in [2.45, 2.75) is 44.8 Å². The quantitative estimate of drug-likeness (QED) is 0.344. The van der Waals surface area contributed by atoms with E-state index < -0.39 is 17.0 Å². The lowest BCUT2D eigenvalue weighted by molar-refractivity contribution is 0.0396. The number of benzene rings is 2. The lowest BCUT2D eigenvalue weighted by Crippen LogP contribution is -2.35. The molecular weight excluding hydrogens is 506 g/mol. The Bertz CT molecular complexity index is 1330. The summed E-state index contributed by atoms with van der Waals surface area (Å²) < 4.78 is 25.1. The van der Waals surface area contributed by atoms with Crippen molar-refractivity contribution in [2.75, 3.05) is 13.2 Å². The van der Waals surface area contributed by atoms with Gasteiger partial charge in [-0.25, -0.2) is 9.37 Å². The van der Waals surface area contributed by atoms with E-state index in [0.29, 0.717) is 51.2 Å². The molecule has 0 fully saturated rings. The number of nitrogens with two attached hydrogens (primary N) is 1. The van der Waals surface area contributed by atoms with Crippen LogP contribution in [0.5, 0.6) is 11.5 Å². The van der Waals surface area contributed by atoms with Gasteiger partial charge in [-0.05, 0) is 69.7 Å². The molecule has 0 spiro atoms. The van der Waals surface area contributed by atoms with Crippen molar-refractivity contribution < 1.29 is 23.8 Å². The molecule has 0 amide bonds. The van der Waals surface area contributed by atoms with E-state index in [-0.39, 0.29) is 30.3 Å². The zero-order valence-corrected chi connectivity index (χ0v) is 21.7. The molecule has 0 saturated carbocycles. The first-order valence-electron chi connectivity index (χ1n) is 11.5. The maximum Gasteiger partial charge on any atom is 0.163 e. The average molecular weight is 533 g/mol. The molecule has 1 aliphatic rings. The highest BCUT2D eigenvalue weighted by Crippen LogP contribution is 2.44. The molecule has 0 aliphatic carbocycles. The van der Waals surface area contributed by atoms with Crippen molar-refractivity contribution in [2.24, 2.45) is 5.73 Å². The summed E-state index contributed by atoms with van der Waals surface area (Å²) in [5, 5.41) is 11.7. The molecule has 3 N–H and O–H groups in total. The van der Waals surface area contributed by atoms with Gasteiger partial charge in [0.05, 0.1) is 27.9 Å². The zero-order chi connectivity index (χ0) is 26.3. The summed E-state index contributed by atoms with van der Waals surface area (Å²) in [5.41, 5.74) is 6.46. The molecular formula is C27H27Cl2FN2O4. The second-order valence-corrected chi connectivity index (χ2v) is 10.2. The summed E-state index contributed by atoms with van der Waals surface area (Å²) in [7, 11) is 0. The van der Waals surface area contributed by atoms with Crippen LogP contribution in [0.25, 0.3) is 11.3 Å². The number of aromatic nitrogens is 1. The second kappa shape index (κ2) is 9.98. The van der Waals surface area contributed by atoms with Crippen LogP contribution in [-0.2, 0) is 11.1 Å². The van der Waals surface area contributed by atoms with Gasteiger partial charge in [-0.1, -0.05) is 23.2 Å². The predicted octanol–water partition coefficient (Wildman–Crippen LogP) is 6.03. The van der Waals surface area contributed by atoms with Crippen molar-refractivity contribution in [3.8, 4) is 22.8 Å². The summed E-state index contributed by atoms with van der Waals surface area (Å²) >= 11 is 12.2. The van der Waals surface area contributed by atoms with Gasteiger partial charge in [-0.15, -0.1) is 0 Å². The zero-order valence-electron chi connectivity index (χ0n) is 20.2. The number of carbonyl (C=O) groups is 1. The SMILES string of the molecule is CCOc1ccc(C(=O)CCC(C)(O)c2cc3c(c(-c4ccc(F)c(Cl)c4)n2)OCC3(C)N)cc1Cl. The third-order valence-corrected chi connectivity index (χ3v) is 6.83. The number of fused-ring (bicyclic) bond motifs is 1. The monoisotopic (exact) mass is 532 g/mol. The molecule has 0 saturated heterocycles. The Kier molecular flexibility index (Phi) is 7.30. The molecule has 0 radical (unpaired) electrons. The molecule has 1 aromatic heterocycles. The minimum absolute atomic E-state index is 0.0458. The summed E-state index contributed by atoms with van der Waals surface area (Å²) in [5.74, 6) is 0.226. The van der Waals surface area contributed by atoms with Crippen molar-refractivity contribution >= 4 is 29.0 Å². The van der Waals surface area contributed by atoms with Gasteiger partial charge in [-0.2, -0.15) is 0 Å². The van der Waals surface area contributed by atoms with Crippen molar-refractivity contribution in [1.82, 2.24) is 4.98 Å². The van der Waals surface area contributed by atoms with Crippen LogP contribution in [0.2, 0.25) is 10.0 Å². The fourth-order valence-electron chi connectivity index (χ4n) is 4.09. The topological polar surface area (TPSA) is 94.7 Å². The Morgan fingerprint density at radius 3 is 2.67 bits per heavy atom. The summed E-state index contributed by atoms with van der Waals surface area (Å²) in [6, 6.07) is 10.8. The van der Waals surface area contributed by atoms with Gasteiger partial charge >= 0.3 is 0 Å². The predicted molar refractivity (Wildman–Crippen MR) is 137 cm³/mol. The molecule has 0 bridgehead atoms. The minimum atomic E-state index is -1.48. The molecule has 3 aromatic rings. The molecule has 9 heteroatoms. The summed E-state index contributed by atoms with van der Waals surface area (Å²) in [6.07, 6.45) is 0.137. The first kappa shape index (κ1) is 26.4. The van der Waals surface area contributed by atoms with Gasteiger partial charge in [0.2, 0.25) is 0 Å². The van der Waals surface area contributed by atoms with E-state index in [2.05, 4.69) is 4.98 Å². The Balaban J connectivity index is 1.64. The Labute approximate surface area is 219 Å². The lowest BCUT2D eigenvalue weighted by Gasteiger charge is -2.25. The third-order valence-electron chi connectivity index (χ3n) is 6.24.